The van der Waals surface area contributed by atoms with Crippen LogP contribution in [0.5, 0.6) is 0 Å². The Hall–Kier alpha value is -2.15. The van der Waals surface area contributed by atoms with Gasteiger partial charge in [-0.3, -0.25) is 14.9 Å². The van der Waals surface area contributed by atoms with Crippen LogP contribution in [-0.2, 0) is 4.74 Å². The van der Waals surface area contributed by atoms with Gasteiger partial charge in [0.05, 0.1) is 11.5 Å². The molecule has 108 valence electrons. The lowest BCUT2D eigenvalue weighted by Crippen LogP contribution is -2.35. The Morgan fingerprint density at radius 3 is 2.75 bits per heavy atom. The molecule has 1 aliphatic carbocycles. The normalized spacial score (nSPS) is 14.1. The van der Waals surface area contributed by atoms with Crippen molar-refractivity contribution < 1.29 is 14.5 Å². The van der Waals surface area contributed by atoms with Crippen molar-refractivity contribution in [3.05, 3.63) is 33.9 Å². The second-order valence-electron chi connectivity index (χ2n) is 4.75. The lowest BCUT2D eigenvalue weighted by molar-refractivity contribution is -0.383. The summed E-state index contributed by atoms with van der Waals surface area (Å²) >= 11 is 0. The molecule has 2 N–H and O–H groups in total. The monoisotopic (exact) mass is 279 g/mol. The molecule has 1 saturated carbocycles. The molecule has 1 aliphatic rings. The van der Waals surface area contributed by atoms with Gasteiger partial charge in [0, 0.05) is 31.3 Å². The molecule has 0 saturated heterocycles. The third-order valence-electron chi connectivity index (χ3n) is 3.26. The van der Waals surface area contributed by atoms with Crippen LogP contribution < -0.4 is 5.73 Å². The molecule has 7 nitrogen and oxygen atoms in total. The lowest BCUT2D eigenvalue weighted by atomic mass is 10.1. The first-order valence-electron chi connectivity index (χ1n) is 6.38. The van der Waals surface area contributed by atoms with Gasteiger partial charge in [-0.1, -0.05) is 0 Å². The van der Waals surface area contributed by atoms with Gasteiger partial charge in [0.25, 0.3) is 11.6 Å². The van der Waals surface area contributed by atoms with Gasteiger partial charge in [-0.2, -0.15) is 0 Å². The molecule has 0 aliphatic heterocycles. The molecule has 1 amide bonds. The number of carbonyl (C=O) groups is 1. The molecule has 0 atom stereocenters. The number of nitro groups is 1. The van der Waals surface area contributed by atoms with Crippen molar-refractivity contribution in [2.75, 3.05) is 26.0 Å². The molecule has 1 fully saturated rings. The van der Waals surface area contributed by atoms with Crippen molar-refractivity contribution in [1.29, 1.82) is 0 Å². The Morgan fingerprint density at radius 2 is 2.25 bits per heavy atom. The van der Waals surface area contributed by atoms with Gasteiger partial charge in [0.2, 0.25) is 0 Å². The summed E-state index contributed by atoms with van der Waals surface area (Å²) < 4.78 is 5.00. The number of hydrogen-bond donors (Lipinski definition) is 1. The summed E-state index contributed by atoms with van der Waals surface area (Å²) in [7, 11) is 1.58. The summed E-state index contributed by atoms with van der Waals surface area (Å²) in [6.45, 7) is 0.974. The average Bonchev–Trinajstić information content (AvgIpc) is 3.23. The Balaban J connectivity index is 2.18. The first-order valence-corrected chi connectivity index (χ1v) is 6.38. The molecule has 0 unspecified atom stereocenters. The van der Waals surface area contributed by atoms with Crippen molar-refractivity contribution in [1.82, 2.24) is 4.90 Å². The number of benzene rings is 1. The SMILES string of the molecule is COCCN(C(=O)c1ccc([N+](=O)[O-])c(N)c1)C1CC1. The van der Waals surface area contributed by atoms with E-state index in [-0.39, 0.29) is 23.3 Å². The fraction of sp³-hybridized carbons (Fsp3) is 0.462. The molecule has 7 heteroatoms. The number of anilines is 1. The number of hydrogen-bond acceptors (Lipinski definition) is 5. The second-order valence-corrected chi connectivity index (χ2v) is 4.75. The van der Waals surface area contributed by atoms with Gasteiger partial charge in [-0.05, 0) is 25.0 Å². The molecule has 0 spiro atoms. The third-order valence-corrected chi connectivity index (χ3v) is 3.26. The van der Waals surface area contributed by atoms with Crippen LogP contribution in [0.15, 0.2) is 18.2 Å². The molecule has 20 heavy (non-hydrogen) atoms. The zero-order chi connectivity index (χ0) is 14.7. The summed E-state index contributed by atoms with van der Waals surface area (Å²) in [5, 5.41) is 10.7. The molecule has 0 bridgehead atoms. The fourth-order valence-electron chi connectivity index (χ4n) is 2.05. The van der Waals surface area contributed by atoms with E-state index in [1.807, 2.05) is 0 Å². The number of nitrogen functional groups attached to an aromatic ring is 1. The highest BCUT2D eigenvalue weighted by Gasteiger charge is 2.33. The van der Waals surface area contributed by atoms with E-state index < -0.39 is 4.92 Å². The predicted molar refractivity (Wildman–Crippen MR) is 73.4 cm³/mol. The minimum Gasteiger partial charge on any atom is -0.393 e. The van der Waals surface area contributed by atoms with Crippen molar-refractivity contribution in [2.24, 2.45) is 0 Å². The summed E-state index contributed by atoms with van der Waals surface area (Å²) in [6.07, 6.45) is 1.97. The molecule has 0 radical (unpaired) electrons. The van der Waals surface area contributed by atoms with Crippen LogP contribution in [0.2, 0.25) is 0 Å². The smallest absolute Gasteiger partial charge is 0.292 e. The maximum atomic E-state index is 12.4. The van der Waals surface area contributed by atoms with E-state index >= 15 is 0 Å². The number of carbonyl (C=O) groups excluding carboxylic acids is 1. The predicted octanol–water partition coefficient (Wildman–Crippen LogP) is 1.43. The molecule has 1 aromatic carbocycles. The largest absolute Gasteiger partial charge is 0.393 e. The van der Waals surface area contributed by atoms with Gasteiger partial charge in [0.15, 0.2) is 0 Å². The maximum Gasteiger partial charge on any atom is 0.292 e. The Morgan fingerprint density at radius 1 is 1.55 bits per heavy atom. The summed E-state index contributed by atoms with van der Waals surface area (Å²) in [5.74, 6) is -0.161. The van der Waals surface area contributed by atoms with Crippen LogP contribution in [0.1, 0.15) is 23.2 Å². The third kappa shape index (κ3) is 3.05. The highest BCUT2D eigenvalue weighted by molar-refractivity contribution is 5.96. The number of ether oxygens (including phenoxy) is 1. The minimum absolute atomic E-state index is 0.00309. The number of nitrogens with zero attached hydrogens (tertiary/aromatic N) is 2. The minimum atomic E-state index is -0.562. The molecule has 0 aromatic heterocycles. The van der Waals surface area contributed by atoms with Crippen LogP contribution >= 0.6 is 0 Å². The van der Waals surface area contributed by atoms with E-state index in [4.69, 9.17) is 10.5 Å². The molecular formula is C13H17N3O4. The maximum absolute atomic E-state index is 12.4. The van der Waals surface area contributed by atoms with E-state index in [2.05, 4.69) is 0 Å². The van der Waals surface area contributed by atoms with Gasteiger partial charge < -0.3 is 15.4 Å². The number of amides is 1. The second kappa shape index (κ2) is 5.87. The highest BCUT2D eigenvalue weighted by Crippen LogP contribution is 2.29. The van der Waals surface area contributed by atoms with Crippen LogP contribution in [0.25, 0.3) is 0 Å². The Kier molecular flexibility index (Phi) is 4.19. The van der Waals surface area contributed by atoms with E-state index in [0.717, 1.165) is 12.8 Å². The van der Waals surface area contributed by atoms with Crippen molar-refractivity contribution in [3.8, 4) is 0 Å². The Bertz CT molecular complexity index is 528. The van der Waals surface area contributed by atoms with Gasteiger partial charge in [0.1, 0.15) is 5.69 Å². The van der Waals surface area contributed by atoms with Crippen LogP contribution in [0.4, 0.5) is 11.4 Å². The van der Waals surface area contributed by atoms with E-state index in [1.165, 1.54) is 18.2 Å². The average molecular weight is 279 g/mol. The van der Waals surface area contributed by atoms with E-state index in [0.29, 0.717) is 18.7 Å². The standard InChI is InChI=1S/C13H17N3O4/c1-20-7-6-15(10-3-4-10)13(17)9-2-5-12(16(18)19)11(14)8-9/h2,5,8,10H,3-4,6-7,14H2,1H3. The van der Waals surface area contributed by atoms with Gasteiger partial charge in [-0.25, -0.2) is 0 Å². The van der Waals surface area contributed by atoms with Crippen molar-refractivity contribution >= 4 is 17.3 Å². The van der Waals surface area contributed by atoms with Crippen LogP contribution in [-0.4, -0.2) is 42.0 Å². The number of methoxy groups -OCH3 is 1. The number of rotatable bonds is 6. The summed E-state index contributed by atoms with van der Waals surface area (Å²) in [5.41, 5.74) is 5.81. The quantitative estimate of drug-likeness (QED) is 0.482. The zero-order valence-electron chi connectivity index (χ0n) is 11.2. The van der Waals surface area contributed by atoms with Crippen LogP contribution in [0, 0.1) is 10.1 Å². The zero-order valence-corrected chi connectivity index (χ0v) is 11.2. The molecule has 2 rings (SSSR count). The summed E-state index contributed by atoms with van der Waals surface area (Å²) in [4.78, 5) is 24.3. The number of nitrogens with two attached hydrogens (primary N) is 1. The first-order chi connectivity index (χ1) is 9.54. The topological polar surface area (TPSA) is 98.7 Å². The fourth-order valence-corrected chi connectivity index (χ4v) is 2.05. The van der Waals surface area contributed by atoms with Crippen molar-refractivity contribution in [3.63, 3.8) is 0 Å². The molecule has 1 aromatic rings. The van der Waals surface area contributed by atoms with E-state index in [1.54, 1.807) is 12.0 Å². The van der Waals surface area contributed by atoms with E-state index in [9.17, 15) is 14.9 Å². The lowest BCUT2D eigenvalue weighted by Gasteiger charge is -2.22. The van der Waals surface area contributed by atoms with Crippen molar-refractivity contribution in [2.45, 2.75) is 18.9 Å². The van der Waals surface area contributed by atoms with Gasteiger partial charge >= 0.3 is 0 Å². The van der Waals surface area contributed by atoms with Gasteiger partial charge in [-0.15, -0.1) is 0 Å². The first kappa shape index (κ1) is 14.3. The highest BCUT2D eigenvalue weighted by atomic mass is 16.6. The molecule has 0 heterocycles. The molecular weight excluding hydrogens is 262 g/mol. The van der Waals surface area contributed by atoms with Crippen LogP contribution in [0.3, 0.4) is 0 Å². The Labute approximate surface area is 116 Å². The summed E-state index contributed by atoms with van der Waals surface area (Å²) in [6, 6.07) is 4.32. The number of nitro benzene ring substituents is 1.